The van der Waals surface area contributed by atoms with Crippen molar-refractivity contribution < 1.29 is 14.0 Å². The van der Waals surface area contributed by atoms with E-state index in [-0.39, 0.29) is 36.0 Å². The minimum atomic E-state index is -0.649. The summed E-state index contributed by atoms with van der Waals surface area (Å²) in [5, 5.41) is 0. The number of carbonyl (C=O) groups excluding carboxylic acids is 2. The smallest absolute Gasteiger partial charge is 0.233 e. The second-order valence-electron chi connectivity index (χ2n) is 3.69. The molecular formula is C11H11FN2O2. The molecule has 2 N–H and O–H groups in total. The van der Waals surface area contributed by atoms with Crippen molar-refractivity contribution in [3.63, 3.8) is 0 Å². The Kier molecular flexibility index (Phi) is 2.60. The van der Waals surface area contributed by atoms with Gasteiger partial charge < -0.3 is 5.73 Å². The van der Waals surface area contributed by atoms with E-state index in [4.69, 9.17) is 5.73 Å². The van der Waals surface area contributed by atoms with Crippen LogP contribution in [0.25, 0.3) is 0 Å². The summed E-state index contributed by atoms with van der Waals surface area (Å²) in [6.45, 7) is 0. The van der Waals surface area contributed by atoms with E-state index in [1.54, 1.807) is 0 Å². The largest absolute Gasteiger partial charge is 0.399 e. The summed E-state index contributed by atoms with van der Waals surface area (Å²) in [5.74, 6) is -1.37. The number of nitrogens with zero attached hydrogens (tertiary/aromatic N) is 1. The van der Waals surface area contributed by atoms with Gasteiger partial charge in [-0.1, -0.05) is 0 Å². The van der Waals surface area contributed by atoms with Gasteiger partial charge in [-0.3, -0.25) is 9.59 Å². The monoisotopic (exact) mass is 222 g/mol. The summed E-state index contributed by atoms with van der Waals surface area (Å²) in [6, 6.07) is 3.92. The Bertz CT molecular complexity index is 443. The molecule has 0 saturated carbocycles. The highest BCUT2D eigenvalue weighted by Gasteiger charge is 2.29. The average Bonchev–Trinajstić information content (AvgIpc) is 2.20. The van der Waals surface area contributed by atoms with Crippen LogP contribution in [0.1, 0.15) is 19.3 Å². The van der Waals surface area contributed by atoms with Gasteiger partial charge in [-0.05, 0) is 24.6 Å². The standard InChI is InChI=1S/C11H11FN2O2/c12-8-6-7(13)4-5-9(8)14-10(15)2-1-3-11(14)16/h4-6H,1-3,13H2. The van der Waals surface area contributed by atoms with Crippen molar-refractivity contribution in [2.24, 2.45) is 0 Å². The maximum atomic E-state index is 13.6. The molecule has 2 rings (SSSR count). The van der Waals surface area contributed by atoms with E-state index < -0.39 is 5.82 Å². The van der Waals surface area contributed by atoms with E-state index in [0.29, 0.717) is 6.42 Å². The van der Waals surface area contributed by atoms with Gasteiger partial charge in [0, 0.05) is 18.5 Å². The molecule has 1 aliphatic rings. The summed E-state index contributed by atoms with van der Waals surface area (Å²) in [6.07, 6.45) is 1.08. The zero-order valence-corrected chi connectivity index (χ0v) is 8.57. The molecule has 1 aromatic rings. The van der Waals surface area contributed by atoms with Crippen LogP contribution in [0.2, 0.25) is 0 Å². The zero-order chi connectivity index (χ0) is 11.7. The molecule has 1 saturated heterocycles. The number of nitrogens with two attached hydrogens (primary N) is 1. The van der Waals surface area contributed by atoms with Crippen LogP contribution < -0.4 is 10.6 Å². The second-order valence-corrected chi connectivity index (χ2v) is 3.69. The summed E-state index contributed by atoms with van der Waals surface area (Å²) in [4.78, 5) is 24.0. The van der Waals surface area contributed by atoms with Crippen molar-refractivity contribution in [2.75, 3.05) is 10.6 Å². The number of hydrogen-bond acceptors (Lipinski definition) is 3. The predicted molar refractivity (Wildman–Crippen MR) is 57.2 cm³/mol. The normalized spacial score (nSPS) is 16.7. The van der Waals surface area contributed by atoms with E-state index in [1.165, 1.54) is 12.1 Å². The highest BCUT2D eigenvalue weighted by Crippen LogP contribution is 2.26. The third kappa shape index (κ3) is 1.76. The van der Waals surface area contributed by atoms with E-state index in [9.17, 15) is 14.0 Å². The minimum absolute atomic E-state index is 0.0103. The lowest BCUT2D eigenvalue weighted by molar-refractivity contribution is -0.129. The van der Waals surface area contributed by atoms with Gasteiger partial charge in [-0.25, -0.2) is 9.29 Å². The fraction of sp³-hybridized carbons (Fsp3) is 0.273. The highest BCUT2D eigenvalue weighted by molar-refractivity contribution is 6.16. The van der Waals surface area contributed by atoms with Crippen LogP contribution >= 0.6 is 0 Å². The van der Waals surface area contributed by atoms with Crippen LogP contribution in [0, 0.1) is 5.82 Å². The molecule has 1 aliphatic heterocycles. The SMILES string of the molecule is Nc1ccc(N2C(=O)CCCC2=O)c(F)c1. The molecule has 0 aromatic heterocycles. The van der Waals surface area contributed by atoms with Crippen molar-refractivity contribution in [3.8, 4) is 0 Å². The van der Waals surface area contributed by atoms with Crippen molar-refractivity contribution in [1.29, 1.82) is 0 Å². The maximum absolute atomic E-state index is 13.6. The first-order valence-corrected chi connectivity index (χ1v) is 5.00. The predicted octanol–water partition coefficient (Wildman–Crippen LogP) is 1.45. The van der Waals surface area contributed by atoms with Gasteiger partial charge in [-0.15, -0.1) is 0 Å². The van der Waals surface area contributed by atoms with E-state index in [1.807, 2.05) is 0 Å². The van der Waals surface area contributed by atoms with Crippen molar-refractivity contribution in [2.45, 2.75) is 19.3 Å². The van der Waals surface area contributed by atoms with Crippen LogP contribution in [-0.2, 0) is 9.59 Å². The van der Waals surface area contributed by atoms with Crippen LogP contribution in [0.4, 0.5) is 15.8 Å². The minimum Gasteiger partial charge on any atom is -0.399 e. The van der Waals surface area contributed by atoms with Crippen LogP contribution in [-0.4, -0.2) is 11.8 Å². The Hall–Kier alpha value is -1.91. The van der Waals surface area contributed by atoms with Crippen LogP contribution in [0.5, 0.6) is 0 Å². The Morgan fingerprint density at radius 3 is 2.38 bits per heavy atom. The number of imide groups is 1. The van der Waals surface area contributed by atoms with E-state index in [2.05, 4.69) is 0 Å². The third-order valence-electron chi connectivity index (χ3n) is 2.49. The molecule has 1 heterocycles. The molecule has 1 fully saturated rings. The number of hydrogen-bond donors (Lipinski definition) is 1. The lowest BCUT2D eigenvalue weighted by Crippen LogP contribution is -2.40. The van der Waals surface area contributed by atoms with Crippen molar-refractivity contribution in [1.82, 2.24) is 0 Å². The maximum Gasteiger partial charge on any atom is 0.233 e. The number of halogens is 1. The van der Waals surface area contributed by atoms with Gasteiger partial charge in [-0.2, -0.15) is 0 Å². The number of piperidine rings is 1. The number of nitrogen functional groups attached to an aromatic ring is 1. The Morgan fingerprint density at radius 1 is 1.19 bits per heavy atom. The van der Waals surface area contributed by atoms with Crippen molar-refractivity contribution >= 4 is 23.2 Å². The molecule has 4 nitrogen and oxygen atoms in total. The third-order valence-corrected chi connectivity index (χ3v) is 2.49. The number of rotatable bonds is 1. The molecule has 1 aromatic carbocycles. The molecule has 0 unspecified atom stereocenters. The Morgan fingerprint density at radius 2 is 1.81 bits per heavy atom. The number of anilines is 2. The average molecular weight is 222 g/mol. The Labute approximate surface area is 91.8 Å². The van der Waals surface area contributed by atoms with Gasteiger partial charge in [0.1, 0.15) is 5.82 Å². The topological polar surface area (TPSA) is 63.4 Å². The fourth-order valence-corrected chi connectivity index (χ4v) is 1.73. The van der Waals surface area contributed by atoms with E-state index in [0.717, 1.165) is 11.0 Å². The molecule has 0 bridgehead atoms. The first-order valence-electron chi connectivity index (χ1n) is 5.00. The Balaban J connectivity index is 2.42. The van der Waals surface area contributed by atoms with Gasteiger partial charge in [0.25, 0.3) is 0 Å². The number of benzene rings is 1. The summed E-state index contributed by atoms with van der Waals surface area (Å²) < 4.78 is 13.6. The van der Waals surface area contributed by atoms with E-state index >= 15 is 0 Å². The summed E-state index contributed by atoms with van der Waals surface area (Å²) >= 11 is 0. The first-order chi connectivity index (χ1) is 7.59. The van der Waals surface area contributed by atoms with Gasteiger partial charge in [0.05, 0.1) is 5.69 Å². The van der Waals surface area contributed by atoms with Crippen LogP contribution in [0.3, 0.4) is 0 Å². The molecule has 2 amide bonds. The summed E-state index contributed by atoms with van der Waals surface area (Å²) in [7, 11) is 0. The number of carbonyl (C=O) groups is 2. The first kappa shape index (κ1) is 10.6. The molecule has 84 valence electrons. The molecule has 0 aliphatic carbocycles. The van der Waals surface area contributed by atoms with Crippen molar-refractivity contribution in [3.05, 3.63) is 24.0 Å². The summed E-state index contributed by atoms with van der Waals surface area (Å²) in [5.41, 5.74) is 5.65. The molecule has 5 heteroatoms. The lowest BCUT2D eigenvalue weighted by atomic mass is 10.1. The highest BCUT2D eigenvalue weighted by atomic mass is 19.1. The molecule has 0 radical (unpaired) electrons. The van der Waals surface area contributed by atoms with Gasteiger partial charge in [0.15, 0.2) is 0 Å². The zero-order valence-electron chi connectivity index (χ0n) is 8.57. The van der Waals surface area contributed by atoms with Gasteiger partial charge in [0.2, 0.25) is 11.8 Å². The van der Waals surface area contributed by atoms with Gasteiger partial charge >= 0.3 is 0 Å². The quantitative estimate of drug-likeness (QED) is 0.577. The second kappa shape index (κ2) is 3.92. The molecule has 0 spiro atoms. The molecule has 0 atom stereocenters. The molecular weight excluding hydrogens is 211 g/mol. The number of amides is 2. The molecule has 16 heavy (non-hydrogen) atoms. The fourth-order valence-electron chi connectivity index (χ4n) is 1.73. The lowest BCUT2D eigenvalue weighted by Gasteiger charge is -2.25. The van der Waals surface area contributed by atoms with Crippen LogP contribution in [0.15, 0.2) is 18.2 Å².